The zero-order valence-corrected chi connectivity index (χ0v) is 24.3. The van der Waals surface area contributed by atoms with E-state index >= 15 is 0 Å². The van der Waals surface area contributed by atoms with Crippen LogP contribution in [0.25, 0.3) is 0 Å². The summed E-state index contributed by atoms with van der Waals surface area (Å²) >= 11 is 13.2. The van der Waals surface area contributed by atoms with E-state index in [0.29, 0.717) is 34.8 Å². The van der Waals surface area contributed by atoms with E-state index in [4.69, 9.17) is 33.2 Å². The first-order valence-corrected chi connectivity index (χ1v) is 14.6. The highest BCUT2D eigenvalue weighted by Gasteiger charge is 2.51. The Morgan fingerprint density at radius 2 is 1.92 bits per heavy atom. The Kier molecular flexibility index (Phi) is 7.82. The Labute approximate surface area is 235 Å². The molecule has 1 aromatic carbocycles. The summed E-state index contributed by atoms with van der Waals surface area (Å²) < 4.78 is 0. The third kappa shape index (κ3) is 5.34. The number of nitrogens with zero attached hydrogens (tertiary/aromatic N) is 4. The zero-order chi connectivity index (χ0) is 27.2. The van der Waals surface area contributed by atoms with Crippen molar-refractivity contribution in [2.75, 3.05) is 29.9 Å². The van der Waals surface area contributed by atoms with Crippen LogP contribution in [0.5, 0.6) is 0 Å². The fourth-order valence-corrected chi connectivity index (χ4v) is 7.20. The summed E-state index contributed by atoms with van der Waals surface area (Å²) in [6.45, 7) is 10.8. The lowest BCUT2D eigenvalue weighted by Crippen LogP contribution is -2.58. The van der Waals surface area contributed by atoms with E-state index in [-0.39, 0.29) is 6.04 Å². The minimum Gasteiger partial charge on any atom is -0.481 e. The molecular formula is C29H39Cl2N5O2. The fourth-order valence-electron chi connectivity index (χ4n) is 6.66. The van der Waals surface area contributed by atoms with Crippen LogP contribution < -0.4 is 10.2 Å². The van der Waals surface area contributed by atoms with Crippen LogP contribution in [0.1, 0.15) is 75.2 Å². The Hall–Kier alpha value is -2.09. The van der Waals surface area contributed by atoms with Gasteiger partial charge in [-0.05, 0) is 89.5 Å². The molecule has 2 aliphatic heterocycles. The van der Waals surface area contributed by atoms with Crippen LogP contribution >= 0.6 is 23.2 Å². The smallest absolute Gasteiger partial charge is 0.309 e. The highest BCUT2D eigenvalue weighted by molar-refractivity contribution is 6.33. The molecule has 38 heavy (non-hydrogen) atoms. The quantitative estimate of drug-likeness (QED) is 0.400. The van der Waals surface area contributed by atoms with Crippen molar-refractivity contribution < 1.29 is 9.90 Å². The third-order valence-electron chi connectivity index (χ3n) is 8.98. The van der Waals surface area contributed by atoms with Crippen molar-refractivity contribution in [1.29, 1.82) is 0 Å². The normalized spacial score (nSPS) is 28.7. The maximum Gasteiger partial charge on any atom is 0.309 e. The van der Waals surface area contributed by atoms with Gasteiger partial charge in [0.2, 0.25) is 5.95 Å². The molecule has 3 atom stereocenters. The van der Waals surface area contributed by atoms with Crippen LogP contribution in [0.4, 0.5) is 11.8 Å². The van der Waals surface area contributed by atoms with Gasteiger partial charge in [0, 0.05) is 30.2 Å². The number of hydrogen-bond donors (Lipinski definition) is 2. The standard InChI is InChI=1S/C29H39Cl2N5O2/c1-17-8-9-22(23(30)13-17)18(2)32-26-25(31)19(3)33-28(34-26)35-12-10-20(16-35)24-7-5-6-11-36(24)21-14-29(4,15-21)27(37)38/h8-9,13,18,20-21,24H,5-7,10-12,14-16H2,1-4H3,(H,37,38)(H,32,33,34)/t18-,20?,21-,24?,29-/m1/s1. The summed E-state index contributed by atoms with van der Waals surface area (Å²) in [6, 6.07) is 6.88. The summed E-state index contributed by atoms with van der Waals surface area (Å²) in [5, 5.41) is 14.3. The molecule has 2 N–H and O–H groups in total. The van der Waals surface area contributed by atoms with E-state index in [1.54, 1.807) is 0 Å². The number of piperidine rings is 1. The van der Waals surface area contributed by atoms with Crippen molar-refractivity contribution in [2.24, 2.45) is 11.3 Å². The lowest BCUT2D eigenvalue weighted by molar-refractivity contribution is -0.159. The van der Waals surface area contributed by atoms with E-state index in [0.717, 1.165) is 60.7 Å². The van der Waals surface area contributed by atoms with Crippen LogP contribution in [0.2, 0.25) is 10.0 Å². The molecule has 2 saturated heterocycles. The molecule has 5 rings (SSSR count). The second-order valence-corrected chi connectivity index (χ2v) is 12.7. The van der Waals surface area contributed by atoms with E-state index in [2.05, 4.69) is 28.1 Å². The summed E-state index contributed by atoms with van der Waals surface area (Å²) in [5.41, 5.74) is 2.32. The van der Waals surface area contributed by atoms with Crippen LogP contribution in [0.3, 0.4) is 0 Å². The largest absolute Gasteiger partial charge is 0.481 e. The number of likely N-dealkylation sites (tertiary alicyclic amines) is 1. The second-order valence-electron chi connectivity index (χ2n) is 11.9. The van der Waals surface area contributed by atoms with Crippen molar-refractivity contribution in [3.05, 3.63) is 45.1 Å². The number of halogens is 2. The number of aromatic nitrogens is 2. The maximum absolute atomic E-state index is 11.7. The number of carboxylic acids is 1. The fraction of sp³-hybridized carbons (Fsp3) is 0.621. The molecule has 2 aromatic rings. The number of aliphatic carboxylic acids is 1. The molecule has 0 radical (unpaired) electrons. The summed E-state index contributed by atoms with van der Waals surface area (Å²) in [7, 11) is 0. The van der Waals surface area contributed by atoms with E-state index in [9.17, 15) is 9.90 Å². The molecule has 3 heterocycles. The van der Waals surface area contributed by atoms with Gasteiger partial charge in [-0.15, -0.1) is 0 Å². The van der Waals surface area contributed by atoms with Crippen molar-refractivity contribution >= 4 is 40.9 Å². The Bertz CT molecular complexity index is 1200. The SMILES string of the molecule is Cc1ccc([C@@H](C)Nc2nc(N3CCC(C4CCCCN4[C@H]4C[C@](C)(C(=O)O)C4)C3)nc(C)c2Cl)c(Cl)c1. The molecule has 206 valence electrons. The van der Waals surface area contributed by atoms with E-state index in [1.165, 1.54) is 19.3 Å². The molecule has 0 amide bonds. The highest BCUT2D eigenvalue weighted by atomic mass is 35.5. The van der Waals surface area contributed by atoms with Gasteiger partial charge in [-0.1, -0.05) is 41.8 Å². The molecule has 1 aromatic heterocycles. The minimum absolute atomic E-state index is 0.0659. The molecule has 2 unspecified atom stereocenters. The molecule has 7 nitrogen and oxygen atoms in total. The van der Waals surface area contributed by atoms with Gasteiger partial charge in [-0.3, -0.25) is 9.69 Å². The van der Waals surface area contributed by atoms with Crippen LogP contribution in [0, 0.1) is 25.2 Å². The van der Waals surface area contributed by atoms with Crippen molar-refractivity contribution in [3.63, 3.8) is 0 Å². The molecule has 0 spiro atoms. The van der Waals surface area contributed by atoms with Crippen LogP contribution in [-0.2, 0) is 4.79 Å². The Morgan fingerprint density at radius 1 is 1.16 bits per heavy atom. The molecule has 9 heteroatoms. The lowest BCUT2D eigenvalue weighted by Gasteiger charge is -2.52. The summed E-state index contributed by atoms with van der Waals surface area (Å²) in [6.07, 6.45) is 6.23. The first-order chi connectivity index (χ1) is 18.1. The third-order valence-corrected chi connectivity index (χ3v) is 9.76. The van der Waals surface area contributed by atoms with Gasteiger partial charge in [0.15, 0.2) is 5.82 Å². The predicted octanol–water partition coefficient (Wildman–Crippen LogP) is 6.51. The molecule has 1 saturated carbocycles. The van der Waals surface area contributed by atoms with Gasteiger partial charge in [0.25, 0.3) is 0 Å². The van der Waals surface area contributed by atoms with E-state index < -0.39 is 11.4 Å². The number of benzene rings is 1. The van der Waals surface area contributed by atoms with Gasteiger partial charge in [-0.2, -0.15) is 4.98 Å². The molecule has 3 fully saturated rings. The van der Waals surface area contributed by atoms with Crippen molar-refractivity contribution in [3.8, 4) is 0 Å². The zero-order valence-electron chi connectivity index (χ0n) is 22.8. The number of carboxylic acid groups (broad SMARTS) is 1. The Balaban J connectivity index is 1.29. The first kappa shape index (κ1) is 27.5. The van der Waals surface area contributed by atoms with Gasteiger partial charge >= 0.3 is 5.97 Å². The number of hydrogen-bond acceptors (Lipinski definition) is 6. The average molecular weight is 561 g/mol. The number of carbonyl (C=O) groups is 1. The van der Waals surface area contributed by atoms with Crippen molar-refractivity contribution in [2.45, 2.75) is 84.3 Å². The monoisotopic (exact) mass is 559 g/mol. The number of aryl methyl sites for hydroxylation is 2. The van der Waals surface area contributed by atoms with Gasteiger partial charge in [-0.25, -0.2) is 4.98 Å². The van der Waals surface area contributed by atoms with Crippen molar-refractivity contribution in [1.82, 2.24) is 14.9 Å². The molecule has 0 bridgehead atoms. The summed E-state index contributed by atoms with van der Waals surface area (Å²) in [5.74, 6) is 1.20. The number of rotatable bonds is 7. The van der Waals surface area contributed by atoms with Gasteiger partial charge in [0.1, 0.15) is 5.02 Å². The topological polar surface area (TPSA) is 81.6 Å². The van der Waals surface area contributed by atoms with Gasteiger partial charge < -0.3 is 15.3 Å². The molecule has 1 aliphatic carbocycles. The Morgan fingerprint density at radius 3 is 2.63 bits per heavy atom. The van der Waals surface area contributed by atoms with Crippen LogP contribution in [-0.4, -0.2) is 57.7 Å². The highest BCUT2D eigenvalue weighted by Crippen LogP contribution is 2.46. The number of nitrogens with one attached hydrogen (secondary N) is 1. The lowest BCUT2D eigenvalue weighted by atomic mass is 9.65. The first-order valence-electron chi connectivity index (χ1n) is 13.9. The molecule has 3 aliphatic rings. The second kappa shape index (κ2) is 10.8. The number of anilines is 2. The maximum atomic E-state index is 11.7. The van der Waals surface area contributed by atoms with Gasteiger partial charge in [0.05, 0.1) is 17.2 Å². The predicted molar refractivity (Wildman–Crippen MR) is 153 cm³/mol. The average Bonchev–Trinajstić information content (AvgIpc) is 3.34. The van der Waals surface area contributed by atoms with Crippen LogP contribution in [0.15, 0.2) is 18.2 Å². The minimum atomic E-state index is -0.659. The van der Waals surface area contributed by atoms with E-state index in [1.807, 2.05) is 32.9 Å². The molecular weight excluding hydrogens is 521 g/mol. The summed E-state index contributed by atoms with van der Waals surface area (Å²) in [4.78, 5) is 26.2.